The molecule has 6 nitrogen and oxygen atoms in total. The Kier molecular flexibility index (Phi) is 7.84. The van der Waals surface area contributed by atoms with Gasteiger partial charge in [0.15, 0.2) is 6.10 Å². The first kappa shape index (κ1) is 25.7. The quantitative estimate of drug-likeness (QED) is 0.496. The molecule has 0 radical (unpaired) electrons. The predicted molar refractivity (Wildman–Crippen MR) is 136 cm³/mol. The highest BCUT2D eigenvalue weighted by atomic mass is 35.5. The number of aryl methyl sites for hydroxylation is 1. The topological polar surface area (TPSA) is 84.5 Å². The summed E-state index contributed by atoms with van der Waals surface area (Å²) in [6, 6.07) is 15.3. The molecule has 2 fully saturated rings. The molecule has 2 N–H and O–H groups in total. The first-order valence-corrected chi connectivity index (χ1v) is 12.7. The molecule has 5 unspecified atom stereocenters. The van der Waals surface area contributed by atoms with Gasteiger partial charge in [0.2, 0.25) is 0 Å². The average Bonchev–Trinajstić information content (AvgIpc) is 3.14. The summed E-state index contributed by atoms with van der Waals surface area (Å²) in [4.78, 5) is 36.7. The summed E-state index contributed by atoms with van der Waals surface area (Å²) in [5, 5.41) is 7.17. The van der Waals surface area contributed by atoms with Gasteiger partial charge < -0.3 is 10.1 Å². The van der Waals surface area contributed by atoms with Gasteiger partial charge in [-0.25, -0.2) is 4.79 Å². The number of rotatable bonds is 8. The number of carbonyl (C=O) groups is 3. The van der Waals surface area contributed by atoms with Crippen LogP contribution in [0.1, 0.15) is 50.2 Å². The maximum atomic E-state index is 13.1. The number of Topliss-reactive ketones (excluding diaryl/α,β-unsaturated/α-hetero) is 1. The van der Waals surface area contributed by atoms with E-state index in [1.807, 2.05) is 55.5 Å². The van der Waals surface area contributed by atoms with Gasteiger partial charge in [-0.1, -0.05) is 54.4 Å². The molecule has 0 aliphatic carbocycles. The molecule has 8 heteroatoms. The van der Waals surface area contributed by atoms with E-state index in [0.29, 0.717) is 29.4 Å². The highest BCUT2D eigenvalue weighted by Crippen LogP contribution is 2.43. The number of halogens is 2. The third kappa shape index (κ3) is 5.88. The predicted octanol–water partition coefficient (Wildman–Crippen LogP) is 5.31. The van der Waals surface area contributed by atoms with Crippen molar-refractivity contribution in [3.63, 3.8) is 0 Å². The number of carbonyl (C=O) groups excluding carboxylic acids is 3. The van der Waals surface area contributed by atoms with E-state index >= 15 is 0 Å². The van der Waals surface area contributed by atoms with Gasteiger partial charge in [0, 0.05) is 27.4 Å². The van der Waals surface area contributed by atoms with E-state index in [0.717, 1.165) is 24.0 Å². The van der Waals surface area contributed by atoms with Crippen LogP contribution in [0, 0.1) is 11.3 Å². The Labute approximate surface area is 215 Å². The number of amides is 2. The summed E-state index contributed by atoms with van der Waals surface area (Å²) in [5.41, 5.74) is 1.55. The van der Waals surface area contributed by atoms with E-state index in [2.05, 4.69) is 10.6 Å². The third-order valence-electron chi connectivity index (χ3n) is 7.54. The summed E-state index contributed by atoms with van der Waals surface area (Å²) in [6.07, 6.45) is 1.11. The van der Waals surface area contributed by atoms with Crippen LogP contribution in [-0.2, 0) is 20.7 Å². The van der Waals surface area contributed by atoms with Crippen LogP contribution in [0.4, 0.5) is 4.79 Å². The molecule has 2 aromatic carbocycles. The molecule has 5 atom stereocenters. The Morgan fingerprint density at radius 3 is 2.49 bits per heavy atom. The number of benzene rings is 2. The maximum absolute atomic E-state index is 13.1. The highest BCUT2D eigenvalue weighted by molar-refractivity contribution is 6.30. The molecule has 2 saturated heterocycles. The number of ether oxygens (including phenoxy) is 1. The molecule has 2 aromatic rings. The molecule has 0 saturated carbocycles. The molecular formula is C27H30Cl2N2O4. The Balaban J connectivity index is 1.58. The lowest BCUT2D eigenvalue weighted by Gasteiger charge is -2.46. The Morgan fingerprint density at radius 2 is 1.86 bits per heavy atom. The van der Waals surface area contributed by atoms with Crippen molar-refractivity contribution in [1.29, 1.82) is 0 Å². The zero-order valence-corrected chi connectivity index (χ0v) is 21.4. The van der Waals surface area contributed by atoms with Gasteiger partial charge in [0.05, 0.1) is 0 Å². The van der Waals surface area contributed by atoms with Crippen LogP contribution in [0.5, 0.6) is 0 Å². The fourth-order valence-electron chi connectivity index (χ4n) is 5.39. The zero-order chi connectivity index (χ0) is 25.2. The van der Waals surface area contributed by atoms with E-state index < -0.39 is 23.5 Å². The summed E-state index contributed by atoms with van der Waals surface area (Å²) < 4.78 is 5.15. The Hall–Kier alpha value is -2.41. The van der Waals surface area contributed by atoms with E-state index in [1.54, 1.807) is 6.92 Å². The molecule has 0 aromatic heterocycles. The van der Waals surface area contributed by atoms with Gasteiger partial charge in [-0.15, -0.1) is 0 Å². The normalized spacial score (nSPS) is 26.1. The number of hydrogen-bond acceptors (Lipinski definition) is 5. The number of cyclic esters (lactones) is 1. The van der Waals surface area contributed by atoms with Gasteiger partial charge in [0.1, 0.15) is 5.78 Å². The largest absolute Gasteiger partial charge is 0.436 e. The van der Waals surface area contributed by atoms with Gasteiger partial charge in [-0.2, -0.15) is 0 Å². The van der Waals surface area contributed by atoms with Crippen molar-refractivity contribution in [2.45, 2.75) is 57.6 Å². The molecule has 186 valence electrons. The standard InChI is InChI=1S/C27H30Cl2N2O4/c1-16(32)27(2,11-10-17-6-8-20(28)9-7-17)24-22(19-4-3-5-21(29)14-19)12-18(15-30-24)13-23-25(33)31-26(34)35-23/h3-9,14,18,22-24,30H,10-13,15H2,1-2H3,(H,31,33,34). The minimum absolute atomic E-state index is 0.00765. The SMILES string of the molecule is CC(=O)C(C)(CCc1ccc(Cl)cc1)C1NCC(CC2OC(=O)NC2=O)CC1c1cccc(Cl)c1. The molecule has 0 bridgehead atoms. The summed E-state index contributed by atoms with van der Waals surface area (Å²) in [6.45, 7) is 4.31. The van der Waals surface area contributed by atoms with Gasteiger partial charge in [0.25, 0.3) is 5.91 Å². The lowest BCUT2D eigenvalue weighted by molar-refractivity contribution is -0.128. The van der Waals surface area contributed by atoms with Gasteiger partial charge >= 0.3 is 6.09 Å². The number of alkyl carbamates (subject to hydrolysis) is 1. The van der Waals surface area contributed by atoms with Crippen molar-refractivity contribution < 1.29 is 19.1 Å². The molecule has 2 aliphatic heterocycles. The fraction of sp³-hybridized carbons (Fsp3) is 0.444. The molecule has 2 aliphatic rings. The highest BCUT2D eigenvalue weighted by Gasteiger charge is 2.46. The molecular weight excluding hydrogens is 487 g/mol. The minimum Gasteiger partial charge on any atom is -0.436 e. The number of nitrogens with one attached hydrogen (secondary N) is 2. The first-order valence-electron chi connectivity index (χ1n) is 11.9. The molecule has 35 heavy (non-hydrogen) atoms. The van der Waals surface area contributed by atoms with Crippen molar-refractivity contribution in [3.05, 3.63) is 69.7 Å². The number of imide groups is 1. The number of ketones is 1. The van der Waals surface area contributed by atoms with E-state index in [4.69, 9.17) is 27.9 Å². The molecule has 4 rings (SSSR count). The van der Waals surface area contributed by atoms with Crippen molar-refractivity contribution in [2.24, 2.45) is 11.3 Å². The van der Waals surface area contributed by atoms with Crippen molar-refractivity contribution >= 4 is 41.0 Å². The van der Waals surface area contributed by atoms with Crippen LogP contribution in [0.15, 0.2) is 48.5 Å². The van der Waals surface area contributed by atoms with Gasteiger partial charge in [-0.05, 0) is 80.5 Å². The third-order valence-corrected chi connectivity index (χ3v) is 8.03. The number of hydrogen-bond donors (Lipinski definition) is 2. The Bertz CT molecular complexity index is 1110. The Morgan fingerprint density at radius 1 is 1.11 bits per heavy atom. The lowest BCUT2D eigenvalue weighted by atomic mass is 9.64. The van der Waals surface area contributed by atoms with E-state index in [1.165, 1.54) is 0 Å². The van der Waals surface area contributed by atoms with Crippen LogP contribution in [0.25, 0.3) is 0 Å². The van der Waals surface area contributed by atoms with Gasteiger partial charge in [-0.3, -0.25) is 14.9 Å². The lowest BCUT2D eigenvalue weighted by Crippen LogP contribution is -2.56. The molecule has 2 amide bonds. The van der Waals surface area contributed by atoms with E-state index in [9.17, 15) is 14.4 Å². The average molecular weight is 517 g/mol. The van der Waals surface area contributed by atoms with Crippen LogP contribution >= 0.6 is 23.2 Å². The number of piperidine rings is 1. The fourth-order valence-corrected chi connectivity index (χ4v) is 5.71. The van der Waals surface area contributed by atoms with Crippen molar-refractivity contribution in [2.75, 3.05) is 6.54 Å². The summed E-state index contributed by atoms with van der Waals surface area (Å²) in [5.74, 6) is -0.192. The summed E-state index contributed by atoms with van der Waals surface area (Å²) >= 11 is 12.4. The monoisotopic (exact) mass is 516 g/mol. The summed E-state index contributed by atoms with van der Waals surface area (Å²) in [7, 11) is 0. The maximum Gasteiger partial charge on any atom is 0.414 e. The second-order valence-electron chi connectivity index (χ2n) is 9.87. The molecule has 0 spiro atoms. The smallest absolute Gasteiger partial charge is 0.414 e. The van der Waals surface area contributed by atoms with Crippen LogP contribution in [-0.4, -0.2) is 36.5 Å². The van der Waals surface area contributed by atoms with Crippen molar-refractivity contribution in [1.82, 2.24) is 10.6 Å². The second-order valence-corrected chi connectivity index (χ2v) is 10.7. The van der Waals surface area contributed by atoms with Crippen molar-refractivity contribution in [3.8, 4) is 0 Å². The second kappa shape index (κ2) is 10.7. The van der Waals surface area contributed by atoms with E-state index in [-0.39, 0.29) is 23.7 Å². The molecule has 2 heterocycles. The van der Waals surface area contributed by atoms with Crippen LogP contribution < -0.4 is 10.6 Å². The minimum atomic E-state index is -0.782. The first-order chi connectivity index (χ1) is 16.7. The zero-order valence-electron chi connectivity index (χ0n) is 19.9. The van der Waals surface area contributed by atoms with Crippen LogP contribution in [0.2, 0.25) is 10.0 Å². The van der Waals surface area contributed by atoms with Crippen LogP contribution in [0.3, 0.4) is 0 Å².